The van der Waals surface area contributed by atoms with Crippen molar-refractivity contribution in [3.63, 3.8) is 0 Å². The number of nitrogens with two attached hydrogens (primary N) is 1. The maximum absolute atomic E-state index is 12.2. The van der Waals surface area contributed by atoms with Crippen LogP contribution in [0, 0.1) is 6.92 Å². The lowest BCUT2D eigenvalue weighted by Gasteiger charge is -2.17. The minimum absolute atomic E-state index is 0.0212. The van der Waals surface area contributed by atoms with Gasteiger partial charge in [-0.15, -0.1) is 0 Å². The van der Waals surface area contributed by atoms with Crippen LogP contribution in [-0.4, -0.2) is 11.0 Å². The average Bonchev–Trinajstić information content (AvgIpc) is 2.41. The molecule has 1 unspecified atom stereocenters. The van der Waals surface area contributed by atoms with Crippen LogP contribution < -0.4 is 11.1 Å². The quantitative estimate of drug-likeness (QED) is 0.593. The summed E-state index contributed by atoms with van der Waals surface area (Å²) in [6, 6.07) is 12.1. The summed E-state index contributed by atoms with van der Waals surface area (Å²) in [7, 11) is 0. The van der Waals surface area contributed by atoms with Crippen molar-refractivity contribution in [2.45, 2.75) is 19.9 Å². The molecule has 0 fully saturated rings. The highest BCUT2D eigenvalue weighted by molar-refractivity contribution is 5.99. The van der Waals surface area contributed by atoms with Crippen LogP contribution in [0.1, 0.15) is 34.5 Å². The molecular weight excluding hydrogens is 252 g/mol. The van der Waals surface area contributed by atoms with Crippen molar-refractivity contribution in [2.75, 3.05) is 5.73 Å². The Morgan fingerprint density at radius 3 is 2.65 bits per heavy atom. The number of rotatable bonds is 3. The Morgan fingerprint density at radius 2 is 1.95 bits per heavy atom. The maximum atomic E-state index is 12.2. The average molecular weight is 270 g/mol. The van der Waals surface area contributed by atoms with Crippen molar-refractivity contribution < 1.29 is 9.90 Å². The number of aryl methyl sites for hydroxylation is 1. The Bertz CT molecular complexity index is 638. The van der Waals surface area contributed by atoms with Gasteiger partial charge in [-0.05, 0) is 43.2 Å². The summed E-state index contributed by atoms with van der Waals surface area (Å²) in [5.74, 6) is -0.276. The van der Waals surface area contributed by atoms with Gasteiger partial charge in [0.2, 0.25) is 0 Å². The van der Waals surface area contributed by atoms with Gasteiger partial charge in [0.1, 0.15) is 5.75 Å². The molecule has 0 radical (unpaired) electrons. The molecule has 0 bridgehead atoms. The zero-order chi connectivity index (χ0) is 14.7. The number of hydrogen-bond acceptors (Lipinski definition) is 3. The fourth-order valence-corrected chi connectivity index (χ4v) is 2.17. The SMILES string of the molecule is Cc1ccccc1C(C)NC(=O)c1cc(O)ccc1N. The van der Waals surface area contributed by atoms with Gasteiger partial charge in [0.25, 0.3) is 5.91 Å². The van der Waals surface area contributed by atoms with Crippen LogP contribution in [0.25, 0.3) is 0 Å². The molecule has 0 aliphatic heterocycles. The molecule has 1 atom stereocenters. The van der Waals surface area contributed by atoms with Gasteiger partial charge in [-0.3, -0.25) is 4.79 Å². The van der Waals surface area contributed by atoms with Gasteiger partial charge in [0.05, 0.1) is 11.6 Å². The van der Waals surface area contributed by atoms with Crippen LogP contribution in [0.5, 0.6) is 5.75 Å². The Balaban J connectivity index is 2.20. The van der Waals surface area contributed by atoms with Crippen LogP contribution in [-0.2, 0) is 0 Å². The van der Waals surface area contributed by atoms with Gasteiger partial charge < -0.3 is 16.2 Å². The van der Waals surface area contributed by atoms with Crippen LogP contribution in [0.3, 0.4) is 0 Å². The van der Waals surface area contributed by atoms with E-state index in [1.165, 1.54) is 18.2 Å². The van der Waals surface area contributed by atoms with Crippen molar-refractivity contribution in [3.05, 3.63) is 59.2 Å². The second-order valence-corrected chi connectivity index (χ2v) is 4.82. The van der Waals surface area contributed by atoms with E-state index in [0.717, 1.165) is 11.1 Å². The Morgan fingerprint density at radius 1 is 1.25 bits per heavy atom. The van der Waals surface area contributed by atoms with Crippen LogP contribution in [0.15, 0.2) is 42.5 Å². The third kappa shape index (κ3) is 2.91. The monoisotopic (exact) mass is 270 g/mol. The normalized spacial score (nSPS) is 11.9. The third-order valence-corrected chi connectivity index (χ3v) is 3.28. The number of phenolic OH excluding ortho intramolecular Hbond substituents is 1. The second-order valence-electron chi connectivity index (χ2n) is 4.82. The standard InChI is InChI=1S/C16H18N2O2/c1-10-5-3-4-6-13(10)11(2)18-16(20)14-9-12(19)7-8-15(14)17/h3-9,11,19H,17H2,1-2H3,(H,18,20). The lowest BCUT2D eigenvalue weighted by Crippen LogP contribution is -2.27. The molecule has 2 aromatic carbocycles. The number of carbonyl (C=O) groups excluding carboxylic acids is 1. The highest BCUT2D eigenvalue weighted by Crippen LogP contribution is 2.21. The van der Waals surface area contributed by atoms with E-state index < -0.39 is 0 Å². The summed E-state index contributed by atoms with van der Waals surface area (Å²) in [6.45, 7) is 3.92. The second kappa shape index (κ2) is 5.65. The molecule has 0 aliphatic carbocycles. The minimum atomic E-state index is -0.297. The summed E-state index contributed by atoms with van der Waals surface area (Å²) < 4.78 is 0. The number of nitrogen functional groups attached to an aromatic ring is 1. The van der Waals surface area contributed by atoms with E-state index in [0.29, 0.717) is 5.69 Å². The Hall–Kier alpha value is -2.49. The van der Waals surface area contributed by atoms with Gasteiger partial charge in [0, 0.05) is 5.69 Å². The number of amides is 1. The number of aromatic hydroxyl groups is 1. The molecule has 4 N–H and O–H groups in total. The number of nitrogens with one attached hydrogen (secondary N) is 1. The third-order valence-electron chi connectivity index (χ3n) is 3.28. The van der Waals surface area contributed by atoms with Gasteiger partial charge in [0.15, 0.2) is 0 Å². The molecule has 4 heteroatoms. The van der Waals surface area contributed by atoms with Crippen molar-refractivity contribution in [3.8, 4) is 5.75 Å². The van der Waals surface area contributed by atoms with Crippen LogP contribution in [0.2, 0.25) is 0 Å². The lowest BCUT2D eigenvalue weighted by atomic mass is 10.0. The Labute approximate surface area is 118 Å². The highest BCUT2D eigenvalue weighted by Gasteiger charge is 2.15. The summed E-state index contributed by atoms with van der Waals surface area (Å²) in [6.07, 6.45) is 0. The van der Waals surface area contributed by atoms with Gasteiger partial charge in [-0.2, -0.15) is 0 Å². The largest absolute Gasteiger partial charge is 0.508 e. The minimum Gasteiger partial charge on any atom is -0.508 e. The Kier molecular flexibility index (Phi) is 3.94. The first-order chi connectivity index (χ1) is 9.49. The van der Waals surface area contributed by atoms with Crippen molar-refractivity contribution in [1.29, 1.82) is 0 Å². The molecule has 104 valence electrons. The van der Waals surface area contributed by atoms with Gasteiger partial charge in [-0.1, -0.05) is 24.3 Å². The fraction of sp³-hybridized carbons (Fsp3) is 0.188. The van der Waals surface area contributed by atoms with E-state index in [1.807, 2.05) is 38.1 Å². The predicted octanol–water partition coefficient (Wildman–Crippen LogP) is 2.77. The molecule has 2 rings (SSSR count). The molecule has 1 amide bonds. The van der Waals surface area contributed by atoms with E-state index in [9.17, 15) is 9.90 Å². The molecule has 0 aliphatic rings. The summed E-state index contributed by atoms with van der Waals surface area (Å²) in [5.41, 5.74) is 8.56. The van der Waals surface area contributed by atoms with E-state index in [2.05, 4.69) is 5.32 Å². The molecule has 2 aromatic rings. The molecule has 20 heavy (non-hydrogen) atoms. The van der Waals surface area contributed by atoms with E-state index in [-0.39, 0.29) is 23.3 Å². The highest BCUT2D eigenvalue weighted by atomic mass is 16.3. The number of carbonyl (C=O) groups is 1. The zero-order valence-electron chi connectivity index (χ0n) is 11.6. The van der Waals surface area contributed by atoms with E-state index >= 15 is 0 Å². The van der Waals surface area contributed by atoms with Gasteiger partial charge in [-0.25, -0.2) is 0 Å². The summed E-state index contributed by atoms with van der Waals surface area (Å²) in [4.78, 5) is 12.2. The lowest BCUT2D eigenvalue weighted by molar-refractivity contribution is 0.0940. The van der Waals surface area contributed by atoms with E-state index in [1.54, 1.807) is 0 Å². The molecular formula is C16H18N2O2. The van der Waals surface area contributed by atoms with Crippen molar-refractivity contribution >= 4 is 11.6 Å². The summed E-state index contributed by atoms with van der Waals surface area (Å²) >= 11 is 0. The molecule has 0 saturated carbocycles. The summed E-state index contributed by atoms with van der Waals surface area (Å²) in [5, 5.41) is 12.3. The first kappa shape index (κ1) is 13.9. The topological polar surface area (TPSA) is 75.3 Å². The first-order valence-electron chi connectivity index (χ1n) is 6.44. The van der Waals surface area contributed by atoms with Crippen molar-refractivity contribution in [1.82, 2.24) is 5.32 Å². The number of anilines is 1. The fourth-order valence-electron chi connectivity index (χ4n) is 2.17. The smallest absolute Gasteiger partial charge is 0.253 e. The van der Waals surface area contributed by atoms with Gasteiger partial charge >= 0.3 is 0 Å². The van der Waals surface area contributed by atoms with Crippen LogP contribution >= 0.6 is 0 Å². The van der Waals surface area contributed by atoms with Crippen molar-refractivity contribution in [2.24, 2.45) is 0 Å². The number of hydrogen-bond donors (Lipinski definition) is 3. The zero-order valence-corrected chi connectivity index (χ0v) is 11.6. The number of phenols is 1. The molecule has 0 aromatic heterocycles. The molecule has 0 saturated heterocycles. The molecule has 4 nitrogen and oxygen atoms in total. The molecule has 0 spiro atoms. The predicted molar refractivity (Wildman–Crippen MR) is 79.6 cm³/mol. The first-order valence-corrected chi connectivity index (χ1v) is 6.44. The molecule has 0 heterocycles. The van der Waals surface area contributed by atoms with E-state index in [4.69, 9.17) is 5.73 Å². The van der Waals surface area contributed by atoms with Crippen LogP contribution in [0.4, 0.5) is 5.69 Å². The number of benzene rings is 2. The maximum Gasteiger partial charge on any atom is 0.253 e.